The van der Waals surface area contributed by atoms with Crippen LogP contribution >= 0.6 is 11.6 Å². The molecule has 3 N–H and O–H groups in total. The van der Waals surface area contributed by atoms with Gasteiger partial charge in [0.1, 0.15) is 5.75 Å². The first-order valence-corrected chi connectivity index (χ1v) is 6.10. The lowest BCUT2D eigenvalue weighted by atomic mass is 10.2. The first-order chi connectivity index (χ1) is 9.51. The number of rotatable bonds is 3. The molecule has 4 nitrogen and oxygen atoms in total. The Morgan fingerprint density at radius 1 is 1.25 bits per heavy atom. The van der Waals surface area contributed by atoms with Gasteiger partial charge in [0.2, 0.25) is 0 Å². The van der Waals surface area contributed by atoms with Crippen molar-refractivity contribution >= 4 is 17.4 Å². The smallest absolute Gasteiger partial charge is 0.170 e. The minimum Gasteiger partial charge on any atom is -0.454 e. The zero-order valence-electron chi connectivity index (χ0n) is 10.6. The molecular formula is C14H12ClFN2O2. The second-order valence-corrected chi connectivity index (χ2v) is 4.58. The van der Waals surface area contributed by atoms with Crippen LogP contribution in [-0.2, 0) is 0 Å². The molecule has 0 amide bonds. The summed E-state index contributed by atoms with van der Waals surface area (Å²) in [5, 5.41) is 11.9. The molecule has 0 aliphatic heterocycles. The summed E-state index contributed by atoms with van der Waals surface area (Å²) >= 11 is 5.87. The lowest BCUT2D eigenvalue weighted by Gasteiger charge is -2.10. The van der Waals surface area contributed by atoms with Crippen LogP contribution in [0, 0.1) is 12.7 Å². The Morgan fingerprint density at radius 2 is 2.00 bits per heavy atom. The third-order valence-corrected chi connectivity index (χ3v) is 2.94. The average molecular weight is 295 g/mol. The maximum atomic E-state index is 13.9. The number of benzene rings is 2. The summed E-state index contributed by atoms with van der Waals surface area (Å²) in [4.78, 5) is 0. The minimum atomic E-state index is -0.617. The molecule has 2 aromatic carbocycles. The van der Waals surface area contributed by atoms with Gasteiger partial charge in [-0.25, -0.2) is 4.39 Å². The molecule has 0 aliphatic carbocycles. The molecule has 0 saturated heterocycles. The van der Waals surface area contributed by atoms with Gasteiger partial charge >= 0.3 is 0 Å². The first kappa shape index (κ1) is 14.1. The number of halogens is 2. The van der Waals surface area contributed by atoms with E-state index in [9.17, 15) is 4.39 Å². The fraction of sp³-hybridized carbons (Fsp3) is 0.0714. The monoisotopic (exact) mass is 294 g/mol. The van der Waals surface area contributed by atoms with Crippen molar-refractivity contribution in [3.05, 3.63) is 58.4 Å². The van der Waals surface area contributed by atoms with Crippen LogP contribution in [0.25, 0.3) is 0 Å². The topological polar surface area (TPSA) is 67.8 Å². The third-order valence-electron chi connectivity index (χ3n) is 2.71. The summed E-state index contributed by atoms with van der Waals surface area (Å²) in [5.74, 6) is -0.291. The third kappa shape index (κ3) is 3.00. The van der Waals surface area contributed by atoms with Crippen molar-refractivity contribution in [3.8, 4) is 11.5 Å². The van der Waals surface area contributed by atoms with Crippen molar-refractivity contribution in [1.82, 2.24) is 0 Å². The highest BCUT2D eigenvalue weighted by molar-refractivity contribution is 6.30. The molecule has 0 radical (unpaired) electrons. The van der Waals surface area contributed by atoms with Crippen molar-refractivity contribution in [3.63, 3.8) is 0 Å². The molecule has 0 saturated carbocycles. The van der Waals surface area contributed by atoms with Crippen molar-refractivity contribution in [1.29, 1.82) is 0 Å². The van der Waals surface area contributed by atoms with Crippen LogP contribution < -0.4 is 10.5 Å². The van der Waals surface area contributed by atoms with Crippen LogP contribution in [0.3, 0.4) is 0 Å². The van der Waals surface area contributed by atoms with E-state index in [0.717, 1.165) is 11.6 Å². The van der Waals surface area contributed by atoms with E-state index in [0.29, 0.717) is 10.8 Å². The van der Waals surface area contributed by atoms with E-state index in [4.69, 9.17) is 27.3 Å². The Morgan fingerprint density at radius 3 is 2.65 bits per heavy atom. The average Bonchev–Trinajstić information content (AvgIpc) is 2.44. The van der Waals surface area contributed by atoms with E-state index < -0.39 is 5.82 Å². The minimum absolute atomic E-state index is 0.0323. The summed E-state index contributed by atoms with van der Waals surface area (Å²) in [6, 6.07) is 9.14. The summed E-state index contributed by atoms with van der Waals surface area (Å²) in [6.07, 6.45) is 0. The van der Waals surface area contributed by atoms with E-state index in [-0.39, 0.29) is 17.1 Å². The van der Waals surface area contributed by atoms with Gasteiger partial charge in [-0.2, -0.15) is 0 Å². The van der Waals surface area contributed by atoms with E-state index in [1.807, 2.05) is 6.92 Å². The predicted molar refractivity (Wildman–Crippen MR) is 75.2 cm³/mol. The molecule has 104 valence electrons. The molecule has 0 atom stereocenters. The lowest BCUT2D eigenvalue weighted by Crippen LogP contribution is -2.13. The second-order valence-electron chi connectivity index (χ2n) is 4.14. The zero-order valence-corrected chi connectivity index (χ0v) is 11.4. The van der Waals surface area contributed by atoms with Gasteiger partial charge in [-0.1, -0.05) is 22.8 Å². The Kier molecular flexibility index (Phi) is 4.10. The van der Waals surface area contributed by atoms with Crippen LogP contribution in [0.2, 0.25) is 5.02 Å². The van der Waals surface area contributed by atoms with Gasteiger partial charge in [0.25, 0.3) is 0 Å². The molecule has 0 spiro atoms. The van der Waals surface area contributed by atoms with E-state index in [2.05, 4.69) is 5.16 Å². The quantitative estimate of drug-likeness (QED) is 0.393. The van der Waals surface area contributed by atoms with Gasteiger partial charge in [0.15, 0.2) is 17.4 Å². The van der Waals surface area contributed by atoms with Crippen LogP contribution in [0.4, 0.5) is 4.39 Å². The number of ether oxygens (including phenoxy) is 1. The lowest BCUT2D eigenvalue weighted by molar-refractivity contribution is 0.318. The van der Waals surface area contributed by atoms with Crippen molar-refractivity contribution in [2.75, 3.05) is 0 Å². The highest BCUT2D eigenvalue weighted by Gasteiger charge is 2.10. The van der Waals surface area contributed by atoms with E-state index in [1.165, 1.54) is 12.1 Å². The normalized spacial score (nSPS) is 11.4. The standard InChI is InChI=1S/C14H12ClFN2O2/c1-8-2-4-10(15)7-13(8)20-12-5-3-9(6-11(12)16)14(17)18-19/h2-7,19H,1H3,(H2,17,18). The summed E-state index contributed by atoms with van der Waals surface area (Å²) in [6.45, 7) is 1.83. The predicted octanol–water partition coefficient (Wildman–Crippen LogP) is 3.67. The highest BCUT2D eigenvalue weighted by atomic mass is 35.5. The fourth-order valence-corrected chi connectivity index (χ4v) is 1.77. The number of aryl methyl sites for hydroxylation is 1. The van der Waals surface area contributed by atoms with Crippen LogP contribution in [0.1, 0.15) is 11.1 Å². The zero-order chi connectivity index (χ0) is 14.7. The summed E-state index contributed by atoms with van der Waals surface area (Å²) < 4.78 is 19.4. The van der Waals surface area contributed by atoms with Gasteiger partial charge in [-0.15, -0.1) is 0 Å². The fourth-order valence-electron chi connectivity index (χ4n) is 1.60. The molecule has 20 heavy (non-hydrogen) atoms. The van der Waals surface area contributed by atoms with Crippen molar-refractivity contribution in [2.45, 2.75) is 6.92 Å². The number of nitrogens with zero attached hydrogens (tertiary/aromatic N) is 1. The number of oxime groups is 1. The number of hydrogen-bond acceptors (Lipinski definition) is 3. The molecule has 0 bridgehead atoms. The van der Waals surface area contributed by atoms with Gasteiger partial charge in [0, 0.05) is 10.6 Å². The van der Waals surface area contributed by atoms with Crippen molar-refractivity contribution < 1.29 is 14.3 Å². The molecule has 0 aromatic heterocycles. The SMILES string of the molecule is Cc1ccc(Cl)cc1Oc1ccc(C(N)=NO)cc1F. The Bertz CT molecular complexity index is 674. The second kappa shape index (κ2) is 5.79. The molecule has 0 aliphatic rings. The van der Waals surface area contributed by atoms with Gasteiger partial charge in [-0.05, 0) is 42.8 Å². The van der Waals surface area contributed by atoms with E-state index in [1.54, 1.807) is 18.2 Å². The number of hydrogen-bond donors (Lipinski definition) is 2. The largest absolute Gasteiger partial charge is 0.454 e. The molecule has 2 aromatic rings. The van der Waals surface area contributed by atoms with E-state index >= 15 is 0 Å². The molecule has 6 heteroatoms. The van der Waals surface area contributed by atoms with Gasteiger partial charge in [-0.3, -0.25) is 0 Å². The van der Waals surface area contributed by atoms with Crippen LogP contribution in [0.5, 0.6) is 11.5 Å². The van der Waals surface area contributed by atoms with Gasteiger partial charge in [0.05, 0.1) is 0 Å². The Hall–Kier alpha value is -2.27. The molecule has 0 unspecified atom stereocenters. The Labute approximate surface area is 120 Å². The van der Waals surface area contributed by atoms with Crippen molar-refractivity contribution in [2.24, 2.45) is 10.9 Å². The summed E-state index contributed by atoms with van der Waals surface area (Å²) in [5.41, 5.74) is 6.48. The van der Waals surface area contributed by atoms with Gasteiger partial charge < -0.3 is 15.7 Å². The Balaban J connectivity index is 2.33. The molecular weight excluding hydrogens is 283 g/mol. The number of amidine groups is 1. The maximum absolute atomic E-state index is 13.9. The van der Waals surface area contributed by atoms with Crippen LogP contribution in [0.15, 0.2) is 41.6 Å². The highest BCUT2D eigenvalue weighted by Crippen LogP contribution is 2.29. The van der Waals surface area contributed by atoms with Crippen LogP contribution in [-0.4, -0.2) is 11.0 Å². The first-order valence-electron chi connectivity index (χ1n) is 5.72. The maximum Gasteiger partial charge on any atom is 0.170 e. The molecule has 0 fully saturated rings. The molecule has 0 heterocycles. The molecule has 2 rings (SSSR count). The summed E-state index contributed by atoms with van der Waals surface area (Å²) in [7, 11) is 0. The number of nitrogens with two attached hydrogens (primary N) is 1.